The van der Waals surface area contributed by atoms with Gasteiger partial charge in [-0.2, -0.15) is 0 Å². The molecule has 1 aromatic carbocycles. The molecule has 0 radical (unpaired) electrons. The quantitative estimate of drug-likeness (QED) is 0.779. The molecule has 3 rings (SSSR count). The van der Waals surface area contributed by atoms with Crippen molar-refractivity contribution in [2.45, 2.75) is 19.4 Å². The van der Waals surface area contributed by atoms with Crippen molar-refractivity contribution >= 4 is 23.4 Å². The Labute approximate surface area is 150 Å². The number of carbonyl (C=O) groups excluding carboxylic acids is 2. The second kappa shape index (κ2) is 8.06. The zero-order valence-corrected chi connectivity index (χ0v) is 14.5. The smallest absolute Gasteiger partial charge is 0.244 e. The predicted octanol–water partition coefficient (Wildman–Crippen LogP) is 0.630. The fraction of sp³-hybridized carbons (Fsp3) is 0.438. The summed E-state index contributed by atoms with van der Waals surface area (Å²) in [5, 5.41) is 11.4. The van der Waals surface area contributed by atoms with E-state index in [2.05, 4.69) is 15.5 Å². The molecule has 1 aliphatic heterocycles. The van der Waals surface area contributed by atoms with E-state index in [1.165, 1.54) is 11.0 Å². The van der Waals surface area contributed by atoms with Crippen LogP contribution in [-0.4, -0.2) is 68.0 Å². The molecule has 0 aliphatic carbocycles. The van der Waals surface area contributed by atoms with Crippen LogP contribution >= 0.6 is 11.6 Å². The van der Waals surface area contributed by atoms with Gasteiger partial charge >= 0.3 is 0 Å². The summed E-state index contributed by atoms with van der Waals surface area (Å²) in [6.45, 7) is 2.26. The van der Waals surface area contributed by atoms with Gasteiger partial charge in [0, 0.05) is 37.6 Å². The molecule has 132 valence electrons. The van der Waals surface area contributed by atoms with Crippen molar-refractivity contribution in [3.63, 3.8) is 0 Å². The number of nitrogens with zero attached hydrogens (tertiary/aromatic N) is 6. The number of amides is 2. The lowest BCUT2D eigenvalue weighted by molar-refractivity contribution is -0.140. The van der Waals surface area contributed by atoms with Crippen LogP contribution in [0.5, 0.6) is 0 Å². The lowest BCUT2D eigenvalue weighted by Gasteiger charge is -2.34. The Balaban J connectivity index is 1.44. The van der Waals surface area contributed by atoms with Crippen molar-refractivity contribution in [3.05, 3.63) is 41.2 Å². The summed E-state index contributed by atoms with van der Waals surface area (Å²) in [5.74, 6) is 0.0444. The SMILES string of the molecule is O=C(CCc1ccccc1Cl)N1CCN(C(=O)Cn2cnnn2)CC1. The lowest BCUT2D eigenvalue weighted by atomic mass is 10.1. The topological polar surface area (TPSA) is 84.2 Å². The van der Waals surface area contributed by atoms with Crippen molar-refractivity contribution in [1.82, 2.24) is 30.0 Å². The molecule has 0 saturated carbocycles. The molecule has 2 amide bonds. The van der Waals surface area contributed by atoms with E-state index >= 15 is 0 Å². The number of hydrogen-bond acceptors (Lipinski definition) is 5. The van der Waals surface area contributed by atoms with Crippen molar-refractivity contribution in [1.29, 1.82) is 0 Å². The molecule has 0 bridgehead atoms. The Morgan fingerprint density at radius 2 is 1.72 bits per heavy atom. The van der Waals surface area contributed by atoms with Gasteiger partial charge in [0.25, 0.3) is 0 Å². The third-order valence-electron chi connectivity index (χ3n) is 4.24. The van der Waals surface area contributed by atoms with E-state index in [0.717, 1.165) is 5.56 Å². The second-order valence-corrected chi connectivity index (χ2v) is 6.27. The first-order valence-electron chi connectivity index (χ1n) is 8.13. The molecular formula is C16H19ClN6O2. The lowest BCUT2D eigenvalue weighted by Crippen LogP contribution is -2.51. The first kappa shape index (κ1) is 17.3. The number of tetrazole rings is 1. The van der Waals surface area contributed by atoms with Crippen LogP contribution in [0.1, 0.15) is 12.0 Å². The third-order valence-corrected chi connectivity index (χ3v) is 4.61. The number of halogens is 1. The van der Waals surface area contributed by atoms with Gasteiger partial charge in [0.15, 0.2) is 0 Å². The van der Waals surface area contributed by atoms with Crippen LogP contribution in [0, 0.1) is 0 Å². The Kier molecular flexibility index (Phi) is 5.60. The zero-order chi connectivity index (χ0) is 17.6. The van der Waals surface area contributed by atoms with Gasteiger partial charge in [-0.15, -0.1) is 5.10 Å². The maximum atomic E-state index is 12.4. The van der Waals surface area contributed by atoms with Crippen molar-refractivity contribution in [2.24, 2.45) is 0 Å². The molecule has 1 saturated heterocycles. The molecular weight excluding hydrogens is 344 g/mol. The average Bonchev–Trinajstić information content (AvgIpc) is 3.14. The highest BCUT2D eigenvalue weighted by molar-refractivity contribution is 6.31. The van der Waals surface area contributed by atoms with Crippen LogP contribution in [0.4, 0.5) is 0 Å². The Morgan fingerprint density at radius 1 is 1.04 bits per heavy atom. The van der Waals surface area contributed by atoms with Crippen LogP contribution in [0.3, 0.4) is 0 Å². The number of aromatic nitrogens is 4. The minimum absolute atomic E-state index is 0.0459. The standard InChI is InChI=1S/C16H19ClN6O2/c17-14-4-2-1-3-13(14)5-6-15(24)21-7-9-22(10-8-21)16(25)11-23-12-18-19-20-23/h1-4,12H,5-11H2. The summed E-state index contributed by atoms with van der Waals surface area (Å²) >= 11 is 6.12. The second-order valence-electron chi connectivity index (χ2n) is 5.86. The highest BCUT2D eigenvalue weighted by Crippen LogP contribution is 2.17. The van der Waals surface area contributed by atoms with Crippen LogP contribution in [0.2, 0.25) is 5.02 Å². The van der Waals surface area contributed by atoms with Gasteiger partial charge in [0.1, 0.15) is 12.9 Å². The molecule has 0 spiro atoms. The summed E-state index contributed by atoms with van der Waals surface area (Å²) in [6.07, 6.45) is 2.45. The number of piperazine rings is 1. The molecule has 0 atom stereocenters. The van der Waals surface area contributed by atoms with E-state index in [9.17, 15) is 9.59 Å². The van der Waals surface area contributed by atoms with Gasteiger partial charge in [-0.05, 0) is 28.5 Å². The Morgan fingerprint density at radius 3 is 2.36 bits per heavy atom. The fourth-order valence-electron chi connectivity index (χ4n) is 2.80. The molecule has 1 aromatic heterocycles. The van der Waals surface area contributed by atoms with Crippen molar-refractivity contribution in [2.75, 3.05) is 26.2 Å². The predicted molar refractivity (Wildman–Crippen MR) is 90.8 cm³/mol. The summed E-state index contributed by atoms with van der Waals surface area (Å²) in [6, 6.07) is 7.56. The summed E-state index contributed by atoms with van der Waals surface area (Å²) in [5.41, 5.74) is 0.979. The van der Waals surface area contributed by atoms with E-state index in [4.69, 9.17) is 11.6 Å². The van der Waals surface area contributed by atoms with Crippen LogP contribution in [-0.2, 0) is 22.6 Å². The van der Waals surface area contributed by atoms with E-state index in [0.29, 0.717) is 44.0 Å². The molecule has 1 fully saturated rings. The molecule has 2 heterocycles. The largest absolute Gasteiger partial charge is 0.339 e. The van der Waals surface area contributed by atoms with Gasteiger partial charge in [-0.1, -0.05) is 29.8 Å². The maximum Gasteiger partial charge on any atom is 0.244 e. The molecule has 9 heteroatoms. The molecule has 2 aromatic rings. The number of hydrogen-bond donors (Lipinski definition) is 0. The van der Waals surface area contributed by atoms with E-state index in [1.54, 1.807) is 9.80 Å². The number of aryl methyl sites for hydroxylation is 1. The highest BCUT2D eigenvalue weighted by Gasteiger charge is 2.24. The number of carbonyl (C=O) groups is 2. The minimum atomic E-state index is -0.0459. The van der Waals surface area contributed by atoms with Gasteiger partial charge in [0.05, 0.1) is 0 Å². The van der Waals surface area contributed by atoms with Gasteiger partial charge in [0.2, 0.25) is 11.8 Å². The number of rotatable bonds is 5. The monoisotopic (exact) mass is 362 g/mol. The molecule has 25 heavy (non-hydrogen) atoms. The number of benzene rings is 1. The first-order valence-corrected chi connectivity index (χ1v) is 8.51. The highest BCUT2D eigenvalue weighted by atomic mass is 35.5. The molecule has 8 nitrogen and oxygen atoms in total. The summed E-state index contributed by atoms with van der Waals surface area (Å²) in [7, 11) is 0. The van der Waals surface area contributed by atoms with Crippen LogP contribution in [0.15, 0.2) is 30.6 Å². The minimum Gasteiger partial charge on any atom is -0.339 e. The Bertz CT molecular complexity index is 728. The molecule has 1 aliphatic rings. The van der Waals surface area contributed by atoms with Gasteiger partial charge in [-0.25, -0.2) is 4.68 Å². The maximum absolute atomic E-state index is 12.4. The normalized spacial score (nSPS) is 14.6. The van der Waals surface area contributed by atoms with Crippen molar-refractivity contribution < 1.29 is 9.59 Å². The summed E-state index contributed by atoms with van der Waals surface area (Å²) in [4.78, 5) is 28.1. The molecule has 0 N–H and O–H groups in total. The summed E-state index contributed by atoms with van der Waals surface area (Å²) < 4.78 is 1.39. The van der Waals surface area contributed by atoms with Gasteiger partial charge in [-0.3, -0.25) is 9.59 Å². The van der Waals surface area contributed by atoms with Gasteiger partial charge < -0.3 is 9.80 Å². The first-order chi connectivity index (χ1) is 12.1. The Hall–Kier alpha value is -2.48. The average molecular weight is 363 g/mol. The van der Waals surface area contributed by atoms with Crippen molar-refractivity contribution in [3.8, 4) is 0 Å². The molecule has 0 unspecified atom stereocenters. The van der Waals surface area contributed by atoms with E-state index < -0.39 is 0 Å². The van der Waals surface area contributed by atoms with E-state index in [-0.39, 0.29) is 18.4 Å². The van der Waals surface area contributed by atoms with Crippen LogP contribution < -0.4 is 0 Å². The van der Waals surface area contributed by atoms with E-state index in [1.807, 2.05) is 24.3 Å². The zero-order valence-electron chi connectivity index (χ0n) is 13.7. The fourth-order valence-corrected chi connectivity index (χ4v) is 3.03. The van der Waals surface area contributed by atoms with Crippen LogP contribution in [0.25, 0.3) is 0 Å². The third kappa shape index (κ3) is 4.54.